The predicted octanol–water partition coefficient (Wildman–Crippen LogP) is 4.56. The first-order valence-corrected chi connectivity index (χ1v) is 14.9. The Balaban J connectivity index is 1.41. The molecular formula is C30H36N6O4S. The Morgan fingerprint density at radius 2 is 1.88 bits per heavy atom. The molecule has 1 unspecified atom stereocenters. The molecule has 1 saturated heterocycles. The number of fused-ring (bicyclic) bond motifs is 1. The lowest BCUT2D eigenvalue weighted by atomic mass is 9.94. The SMILES string of the molecule is CCCSc1nc2n(n1)C(c1ccc(OCC(=O)N3CCOCC3)cc1)C(C(=O)Nc1ccc(C)cc1C)=C(C)N2. The molecule has 0 spiro atoms. The zero-order valence-corrected chi connectivity index (χ0v) is 24.7. The number of rotatable bonds is 9. The second-order valence-corrected chi connectivity index (χ2v) is 11.3. The van der Waals surface area contributed by atoms with Crippen molar-refractivity contribution in [2.24, 2.45) is 0 Å². The number of anilines is 2. The van der Waals surface area contributed by atoms with Crippen LogP contribution in [0.4, 0.5) is 11.6 Å². The van der Waals surface area contributed by atoms with Crippen molar-refractivity contribution >= 4 is 35.2 Å². The van der Waals surface area contributed by atoms with Gasteiger partial charge in [-0.15, -0.1) is 5.10 Å². The average Bonchev–Trinajstić information content (AvgIpc) is 3.38. The van der Waals surface area contributed by atoms with E-state index >= 15 is 0 Å². The number of allylic oxidation sites excluding steroid dienone is 1. The van der Waals surface area contributed by atoms with Gasteiger partial charge in [-0.2, -0.15) is 4.98 Å². The van der Waals surface area contributed by atoms with Crippen LogP contribution in [0.2, 0.25) is 0 Å². The summed E-state index contributed by atoms with van der Waals surface area (Å²) in [5, 5.41) is 11.8. The van der Waals surface area contributed by atoms with Crippen LogP contribution in [0.25, 0.3) is 0 Å². The van der Waals surface area contributed by atoms with E-state index in [1.54, 1.807) is 21.3 Å². The van der Waals surface area contributed by atoms with Crippen molar-refractivity contribution in [3.05, 3.63) is 70.4 Å². The van der Waals surface area contributed by atoms with E-state index in [1.165, 1.54) is 0 Å². The highest BCUT2D eigenvalue weighted by molar-refractivity contribution is 7.99. The summed E-state index contributed by atoms with van der Waals surface area (Å²) in [6, 6.07) is 12.9. The molecule has 216 valence electrons. The Labute approximate surface area is 244 Å². The van der Waals surface area contributed by atoms with Gasteiger partial charge in [-0.3, -0.25) is 9.59 Å². The molecule has 2 N–H and O–H groups in total. The lowest BCUT2D eigenvalue weighted by Crippen LogP contribution is -2.42. The number of carbonyl (C=O) groups is 2. The van der Waals surface area contributed by atoms with Gasteiger partial charge in [-0.25, -0.2) is 4.68 Å². The van der Waals surface area contributed by atoms with E-state index in [2.05, 4.69) is 22.5 Å². The molecule has 3 aromatic rings. The summed E-state index contributed by atoms with van der Waals surface area (Å²) < 4.78 is 12.9. The Kier molecular flexibility index (Phi) is 8.94. The number of aromatic nitrogens is 3. The molecule has 2 amide bonds. The maximum atomic E-state index is 13.8. The molecule has 0 bridgehead atoms. The highest BCUT2D eigenvalue weighted by atomic mass is 32.2. The lowest BCUT2D eigenvalue weighted by Gasteiger charge is -2.29. The van der Waals surface area contributed by atoms with Crippen molar-refractivity contribution < 1.29 is 19.1 Å². The maximum absolute atomic E-state index is 13.8. The minimum atomic E-state index is -0.510. The fraction of sp³-hybridized carbons (Fsp3) is 0.400. The topological polar surface area (TPSA) is 111 Å². The molecule has 5 rings (SSSR count). The Morgan fingerprint density at radius 1 is 1.12 bits per heavy atom. The largest absolute Gasteiger partial charge is 0.484 e. The molecule has 0 saturated carbocycles. The third kappa shape index (κ3) is 6.57. The van der Waals surface area contributed by atoms with E-state index in [0.717, 1.165) is 34.6 Å². The molecular weight excluding hydrogens is 540 g/mol. The average molecular weight is 577 g/mol. The van der Waals surface area contributed by atoms with Crippen LogP contribution in [0.1, 0.15) is 43.0 Å². The highest BCUT2D eigenvalue weighted by Crippen LogP contribution is 2.37. The second kappa shape index (κ2) is 12.8. The normalized spacial score (nSPS) is 16.7. The first-order valence-electron chi connectivity index (χ1n) is 13.9. The molecule has 2 aliphatic rings. The van der Waals surface area contributed by atoms with Gasteiger partial charge < -0.3 is 25.0 Å². The van der Waals surface area contributed by atoms with Crippen LogP contribution in [0.3, 0.4) is 0 Å². The number of aryl methyl sites for hydroxylation is 2. The number of benzene rings is 2. The monoisotopic (exact) mass is 576 g/mol. The van der Waals surface area contributed by atoms with Gasteiger partial charge in [0.1, 0.15) is 11.8 Å². The van der Waals surface area contributed by atoms with Crippen LogP contribution >= 0.6 is 11.8 Å². The number of hydrogen-bond acceptors (Lipinski definition) is 8. The quantitative estimate of drug-likeness (QED) is 0.357. The number of morpholine rings is 1. The molecule has 1 fully saturated rings. The van der Waals surface area contributed by atoms with Gasteiger partial charge in [0.15, 0.2) is 6.61 Å². The van der Waals surface area contributed by atoms with E-state index < -0.39 is 6.04 Å². The van der Waals surface area contributed by atoms with Crippen LogP contribution in [-0.2, 0) is 14.3 Å². The van der Waals surface area contributed by atoms with E-state index in [1.807, 2.05) is 63.2 Å². The zero-order valence-electron chi connectivity index (χ0n) is 23.9. The third-order valence-corrected chi connectivity index (χ3v) is 8.11. The van der Waals surface area contributed by atoms with Gasteiger partial charge in [0, 0.05) is 30.2 Å². The Hall–Kier alpha value is -3.83. The number of nitrogens with zero attached hydrogens (tertiary/aromatic N) is 4. The number of nitrogens with one attached hydrogen (secondary N) is 2. The minimum Gasteiger partial charge on any atom is -0.484 e. The second-order valence-electron chi connectivity index (χ2n) is 10.2. The minimum absolute atomic E-state index is 0.0412. The van der Waals surface area contributed by atoms with Crippen LogP contribution in [0.15, 0.2) is 58.9 Å². The number of amides is 2. The van der Waals surface area contributed by atoms with Gasteiger partial charge in [0.2, 0.25) is 11.1 Å². The van der Waals surface area contributed by atoms with Crippen molar-refractivity contribution in [2.45, 2.75) is 45.3 Å². The Bertz CT molecular complexity index is 1450. The van der Waals surface area contributed by atoms with E-state index in [4.69, 9.17) is 14.6 Å². The molecule has 1 aromatic heterocycles. The summed E-state index contributed by atoms with van der Waals surface area (Å²) in [5.41, 5.74) is 4.99. The lowest BCUT2D eigenvalue weighted by molar-refractivity contribution is -0.137. The summed E-state index contributed by atoms with van der Waals surface area (Å²) in [4.78, 5) is 32.8. The van der Waals surface area contributed by atoms with Crippen molar-refractivity contribution in [1.29, 1.82) is 0 Å². The molecule has 3 heterocycles. The van der Waals surface area contributed by atoms with Crippen molar-refractivity contribution in [3.63, 3.8) is 0 Å². The Morgan fingerprint density at radius 3 is 2.59 bits per heavy atom. The molecule has 41 heavy (non-hydrogen) atoms. The molecule has 11 heteroatoms. The van der Waals surface area contributed by atoms with Crippen LogP contribution in [0.5, 0.6) is 5.75 Å². The van der Waals surface area contributed by atoms with Crippen molar-refractivity contribution in [3.8, 4) is 5.75 Å². The number of carbonyl (C=O) groups excluding carboxylic acids is 2. The predicted molar refractivity (Wildman–Crippen MR) is 159 cm³/mol. The maximum Gasteiger partial charge on any atom is 0.260 e. The smallest absolute Gasteiger partial charge is 0.260 e. The van der Waals surface area contributed by atoms with E-state index in [0.29, 0.717) is 54.4 Å². The molecule has 2 aromatic carbocycles. The number of thioether (sulfide) groups is 1. The standard InChI is InChI=1S/C30H36N6O4S/c1-5-16-41-30-33-29-31-21(4)26(28(38)32-24-11-6-19(2)17-20(24)3)27(36(29)34-30)22-7-9-23(10-8-22)40-18-25(37)35-12-14-39-15-13-35/h6-11,17,27H,5,12-16,18H2,1-4H3,(H,32,38)(H,31,33,34). The van der Waals surface area contributed by atoms with E-state index in [9.17, 15) is 9.59 Å². The molecule has 0 radical (unpaired) electrons. The third-order valence-electron chi connectivity index (χ3n) is 7.07. The number of ether oxygens (including phenoxy) is 2. The van der Waals surface area contributed by atoms with Gasteiger partial charge >= 0.3 is 0 Å². The summed E-state index contributed by atoms with van der Waals surface area (Å²) in [5.74, 6) is 1.78. The summed E-state index contributed by atoms with van der Waals surface area (Å²) in [7, 11) is 0. The van der Waals surface area contributed by atoms with Crippen molar-refractivity contribution in [2.75, 3.05) is 49.3 Å². The molecule has 1 atom stereocenters. The van der Waals surface area contributed by atoms with Crippen LogP contribution in [-0.4, -0.2) is 70.1 Å². The highest BCUT2D eigenvalue weighted by Gasteiger charge is 2.34. The van der Waals surface area contributed by atoms with Crippen LogP contribution < -0.4 is 15.4 Å². The first kappa shape index (κ1) is 28.7. The van der Waals surface area contributed by atoms with Gasteiger partial charge in [-0.1, -0.05) is 48.5 Å². The zero-order chi connectivity index (χ0) is 28.9. The van der Waals surface area contributed by atoms with E-state index in [-0.39, 0.29) is 18.4 Å². The van der Waals surface area contributed by atoms with Crippen LogP contribution in [0, 0.1) is 13.8 Å². The summed E-state index contributed by atoms with van der Waals surface area (Å²) in [6.07, 6.45) is 1.00. The molecule has 2 aliphatic heterocycles. The van der Waals surface area contributed by atoms with Crippen molar-refractivity contribution in [1.82, 2.24) is 19.7 Å². The van der Waals surface area contributed by atoms with Gasteiger partial charge in [0.25, 0.3) is 11.8 Å². The first-order chi connectivity index (χ1) is 19.8. The fourth-order valence-electron chi connectivity index (χ4n) is 4.93. The number of hydrogen-bond donors (Lipinski definition) is 2. The van der Waals surface area contributed by atoms with Gasteiger partial charge in [-0.05, 0) is 56.5 Å². The summed E-state index contributed by atoms with van der Waals surface area (Å²) in [6.45, 7) is 10.2. The molecule has 0 aliphatic carbocycles. The van der Waals surface area contributed by atoms with Gasteiger partial charge in [0.05, 0.1) is 18.8 Å². The molecule has 10 nitrogen and oxygen atoms in total. The summed E-state index contributed by atoms with van der Waals surface area (Å²) >= 11 is 1.59. The fourth-order valence-corrected chi connectivity index (χ4v) is 5.61.